The third kappa shape index (κ3) is 5.33. The summed E-state index contributed by atoms with van der Waals surface area (Å²) in [5.74, 6) is -1.98. The number of aromatic nitrogens is 1. The van der Waals surface area contributed by atoms with Crippen molar-refractivity contribution in [3.63, 3.8) is 0 Å². The largest absolute Gasteiger partial charge is 0.340 e. The standard InChI is InChI=1S/C22H29N3O5S/c1-14-7-8-18-17(10-14)11-19(24(18)3)21(27)23-15(2)22(28)25-9-5-6-16(12-25)20(26)13-31(4,29)30/h7-8,10-11,15-16H,5-6,9,12-13H2,1-4H3,(H,23,27)/t15-,16+/m1/s1. The van der Waals surface area contributed by atoms with E-state index < -0.39 is 27.5 Å². The maximum absolute atomic E-state index is 12.9. The predicted molar refractivity (Wildman–Crippen MR) is 119 cm³/mol. The van der Waals surface area contributed by atoms with Crippen molar-refractivity contribution in [2.75, 3.05) is 25.1 Å². The Hall–Kier alpha value is -2.68. The second kappa shape index (κ2) is 8.82. The minimum Gasteiger partial charge on any atom is -0.340 e. The van der Waals surface area contributed by atoms with Gasteiger partial charge in [-0.25, -0.2) is 8.42 Å². The van der Waals surface area contributed by atoms with Gasteiger partial charge in [0.2, 0.25) is 5.91 Å². The summed E-state index contributed by atoms with van der Waals surface area (Å²) in [6.45, 7) is 4.27. The maximum atomic E-state index is 12.9. The first-order valence-electron chi connectivity index (χ1n) is 10.3. The molecule has 0 bridgehead atoms. The number of sulfone groups is 1. The molecule has 0 radical (unpaired) electrons. The summed E-state index contributed by atoms with van der Waals surface area (Å²) in [7, 11) is -1.60. The highest BCUT2D eigenvalue weighted by Gasteiger charge is 2.32. The molecular formula is C22H29N3O5S. The molecule has 3 rings (SSSR count). The topological polar surface area (TPSA) is 106 Å². The van der Waals surface area contributed by atoms with Crippen LogP contribution in [0, 0.1) is 12.8 Å². The van der Waals surface area contributed by atoms with Gasteiger partial charge in [-0.1, -0.05) is 11.6 Å². The van der Waals surface area contributed by atoms with Crippen molar-refractivity contribution in [1.82, 2.24) is 14.8 Å². The number of benzene rings is 1. The van der Waals surface area contributed by atoms with Gasteiger partial charge < -0.3 is 14.8 Å². The van der Waals surface area contributed by atoms with Gasteiger partial charge >= 0.3 is 0 Å². The molecule has 0 unspecified atom stereocenters. The van der Waals surface area contributed by atoms with Crippen LogP contribution in [0.3, 0.4) is 0 Å². The first kappa shape index (κ1) is 23.0. The Morgan fingerprint density at radius 1 is 1.23 bits per heavy atom. The number of hydrogen-bond donors (Lipinski definition) is 1. The lowest BCUT2D eigenvalue weighted by molar-refractivity contribution is -0.136. The van der Waals surface area contributed by atoms with Gasteiger partial charge in [-0.05, 0) is 44.9 Å². The highest BCUT2D eigenvalue weighted by Crippen LogP contribution is 2.21. The zero-order valence-corrected chi connectivity index (χ0v) is 19.2. The highest BCUT2D eigenvalue weighted by atomic mass is 32.2. The van der Waals surface area contributed by atoms with Crippen LogP contribution in [0.15, 0.2) is 24.3 Å². The molecule has 1 aliphatic heterocycles. The number of carbonyl (C=O) groups excluding carboxylic acids is 3. The van der Waals surface area contributed by atoms with Crippen LogP contribution in [0.2, 0.25) is 0 Å². The summed E-state index contributed by atoms with van der Waals surface area (Å²) in [5, 5.41) is 3.71. The smallest absolute Gasteiger partial charge is 0.268 e. The Morgan fingerprint density at radius 3 is 2.61 bits per heavy atom. The molecule has 1 aliphatic rings. The lowest BCUT2D eigenvalue weighted by Crippen LogP contribution is -2.51. The quantitative estimate of drug-likeness (QED) is 0.722. The van der Waals surface area contributed by atoms with Crippen LogP contribution in [-0.2, 0) is 26.5 Å². The van der Waals surface area contributed by atoms with Gasteiger partial charge in [-0.2, -0.15) is 0 Å². The van der Waals surface area contributed by atoms with Crippen LogP contribution in [0.5, 0.6) is 0 Å². The van der Waals surface area contributed by atoms with Gasteiger partial charge in [-0.3, -0.25) is 14.4 Å². The molecule has 8 nitrogen and oxygen atoms in total. The third-order valence-electron chi connectivity index (χ3n) is 5.74. The molecule has 31 heavy (non-hydrogen) atoms. The van der Waals surface area contributed by atoms with Crippen LogP contribution in [0.25, 0.3) is 10.9 Å². The number of fused-ring (bicyclic) bond motifs is 1. The average Bonchev–Trinajstić information content (AvgIpc) is 3.02. The molecule has 0 aliphatic carbocycles. The number of likely N-dealkylation sites (tertiary alicyclic amines) is 1. The van der Waals surface area contributed by atoms with Gasteiger partial charge in [0.25, 0.3) is 5.91 Å². The van der Waals surface area contributed by atoms with Crippen LogP contribution in [0.4, 0.5) is 0 Å². The number of nitrogens with one attached hydrogen (secondary N) is 1. The average molecular weight is 448 g/mol. The fourth-order valence-electron chi connectivity index (χ4n) is 4.11. The summed E-state index contributed by atoms with van der Waals surface area (Å²) in [4.78, 5) is 39.5. The molecule has 168 valence electrons. The molecule has 0 saturated carbocycles. The fraction of sp³-hybridized carbons (Fsp3) is 0.500. The molecule has 1 aromatic carbocycles. The molecule has 2 heterocycles. The van der Waals surface area contributed by atoms with Crippen molar-refractivity contribution in [2.24, 2.45) is 13.0 Å². The minimum atomic E-state index is -3.40. The van der Waals surface area contributed by atoms with E-state index in [1.54, 1.807) is 22.5 Å². The second-order valence-corrected chi connectivity index (χ2v) is 10.6. The zero-order valence-electron chi connectivity index (χ0n) is 18.3. The molecule has 1 fully saturated rings. The second-order valence-electron chi connectivity index (χ2n) is 8.51. The fourth-order valence-corrected chi connectivity index (χ4v) is 4.86. The number of hydrogen-bond acceptors (Lipinski definition) is 5. The van der Waals surface area contributed by atoms with Gasteiger partial charge in [-0.15, -0.1) is 0 Å². The van der Waals surface area contributed by atoms with Crippen molar-refractivity contribution < 1.29 is 22.8 Å². The third-order valence-corrected chi connectivity index (χ3v) is 6.55. The van der Waals surface area contributed by atoms with E-state index in [1.165, 1.54) is 0 Å². The minimum absolute atomic E-state index is 0.181. The van der Waals surface area contributed by atoms with Gasteiger partial charge in [0.15, 0.2) is 15.6 Å². The Morgan fingerprint density at radius 2 is 1.94 bits per heavy atom. The summed E-state index contributed by atoms with van der Waals surface area (Å²) < 4.78 is 24.6. The Bertz CT molecular complexity index is 1140. The number of Topliss-reactive ketones (excluding diaryl/α,β-unsaturated/α-hetero) is 1. The van der Waals surface area contributed by atoms with E-state index in [4.69, 9.17) is 0 Å². The van der Waals surface area contributed by atoms with Crippen LogP contribution >= 0.6 is 0 Å². The highest BCUT2D eigenvalue weighted by molar-refractivity contribution is 7.91. The summed E-state index contributed by atoms with van der Waals surface area (Å²) in [6, 6.07) is 6.97. The maximum Gasteiger partial charge on any atom is 0.268 e. The number of amides is 2. The van der Waals surface area contributed by atoms with Gasteiger partial charge in [0, 0.05) is 43.2 Å². The Balaban J connectivity index is 1.66. The van der Waals surface area contributed by atoms with E-state index in [1.807, 2.05) is 32.2 Å². The van der Waals surface area contributed by atoms with Crippen molar-refractivity contribution >= 4 is 38.3 Å². The van der Waals surface area contributed by atoms with E-state index >= 15 is 0 Å². The van der Waals surface area contributed by atoms with Crippen molar-refractivity contribution in [1.29, 1.82) is 0 Å². The van der Waals surface area contributed by atoms with Crippen molar-refractivity contribution in [3.8, 4) is 0 Å². The molecular weight excluding hydrogens is 418 g/mol. The van der Waals surface area contributed by atoms with Crippen LogP contribution in [-0.4, -0.2) is 66.6 Å². The summed E-state index contributed by atoms with van der Waals surface area (Å²) in [5.41, 5.74) is 2.48. The van der Waals surface area contributed by atoms with E-state index in [9.17, 15) is 22.8 Å². The number of rotatable bonds is 6. The van der Waals surface area contributed by atoms with Crippen molar-refractivity contribution in [3.05, 3.63) is 35.5 Å². The number of carbonyl (C=O) groups is 3. The Labute approximate surface area is 182 Å². The molecule has 2 atom stereocenters. The molecule has 0 spiro atoms. The van der Waals surface area contributed by atoms with Gasteiger partial charge in [0.05, 0.1) is 0 Å². The van der Waals surface area contributed by atoms with E-state index in [2.05, 4.69) is 5.32 Å². The van der Waals surface area contributed by atoms with E-state index in [-0.39, 0.29) is 24.1 Å². The molecule has 1 N–H and O–H groups in total. The Kier molecular flexibility index (Phi) is 6.54. The van der Waals surface area contributed by atoms with E-state index in [0.29, 0.717) is 25.1 Å². The first-order chi connectivity index (χ1) is 14.5. The number of piperidine rings is 1. The molecule has 2 aromatic rings. The van der Waals surface area contributed by atoms with Crippen molar-refractivity contribution in [2.45, 2.75) is 32.7 Å². The molecule has 2 amide bonds. The summed E-state index contributed by atoms with van der Waals surface area (Å²) >= 11 is 0. The number of nitrogens with zero attached hydrogens (tertiary/aromatic N) is 2. The number of ketones is 1. The molecule has 1 saturated heterocycles. The molecule has 1 aromatic heterocycles. The SMILES string of the molecule is Cc1ccc2c(c1)cc(C(=O)N[C@H](C)C(=O)N1CCC[C@H](C(=O)CS(C)(=O)=O)C1)n2C. The predicted octanol–water partition coefficient (Wildman–Crippen LogP) is 1.46. The first-order valence-corrected chi connectivity index (χ1v) is 12.4. The zero-order chi connectivity index (χ0) is 22.9. The van der Waals surface area contributed by atoms with Crippen LogP contribution in [0.1, 0.15) is 35.8 Å². The molecule has 9 heteroatoms. The number of aryl methyl sites for hydroxylation is 2. The summed E-state index contributed by atoms with van der Waals surface area (Å²) in [6.07, 6.45) is 2.21. The van der Waals surface area contributed by atoms with Crippen LogP contribution < -0.4 is 5.32 Å². The van der Waals surface area contributed by atoms with Gasteiger partial charge in [0.1, 0.15) is 17.5 Å². The van der Waals surface area contributed by atoms with E-state index in [0.717, 1.165) is 22.7 Å². The lowest BCUT2D eigenvalue weighted by Gasteiger charge is -2.33. The monoisotopic (exact) mass is 447 g/mol. The lowest BCUT2D eigenvalue weighted by atomic mass is 9.94. The normalized spacial score (nSPS) is 18.1.